The molecule has 120 valence electrons. The van der Waals surface area contributed by atoms with Gasteiger partial charge in [-0.05, 0) is 43.4 Å². The van der Waals surface area contributed by atoms with Crippen LogP contribution in [0.2, 0.25) is 0 Å². The molecule has 2 heterocycles. The van der Waals surface area contributed by atoms with E-state index in [4.69, 9.17) is 0 Å². The average Bonchev–Trinajstić information content (AvgIpc) is 2.88. The van der Waals surface area contributed by atoms with Gasteiger partial charge < -0.3 is 4.57 Å². The Kier molecular flexibility index (Phi) is 4.06. The summed E-state index contributed by atoms with van der Waals surface area (Å²) in [4.78, 5) is 12.6. The summed E-state index contributed by atoms with van der Waals surface area (Å²) in [7, 11) is 0. The molecule has 1 fully saturated rings. The zero-order chi connectivity index (χ0) is 15.7. The maximum absolute atomic E-state index is 12.6. The molecule has 0 aliphatic heterocycles. The molecule has 0 radical (unpaired) electrons. The minimum Gasteiger partial charge on any atom is -0.311 e. The SMILES string of the molecule is CCCc1nnc2c(=O)n(CC3CCC(C)(C)CC3)ccn12. The molecule has 0 saturated heterocycles. The molecule has 0 aromatic carbocycles. The van der Waals surface area contributed by atoms with Gasteiger partial charge in [-0.3, -0.25) is 9.20 Å². The second-order valence-corrected chi connectivity index (χ2v) is 7.42. The molecular formula is C17H26N4O. The predicted octanol–water partition coefficient (Wildman–Crippen LogP) is 3.06. The Morgan fingerprint density at radius 2 is 1.95 bits per heavy atom. The summed E-state index contributed by atoms with van der Waals surface area (Å²) in [6, 6.07) is 0. The molecule has 0 amide bonds. The van der Waals surface area contributed by atoms with Crippen molar-refractivity contribution in [1.82, 2.24) is 19.2 Å². The van der Waals surface area contributed by atoms with Gasteiger partial charge in [0.2, 0.25) is 5.65 Å². The molecule has 0 spiro atoms. The van der Waals surface area contributed by atoms with Gasteiger partial charge in [-0.15, -0.1) is 10.2 Å². The van der Waals surface area contributed by atoms with Crippen LogP contribution in [-0.2, 0) is 13.0 Å². The van der Waals surface area contributed by atoms with Gasteiger partial charge in [0.1, 0.15) is 5.82 Å². The smallest absolute Gasteiger partial charge is 0.296 e. The number of fused-ring (bicyclic) bond motifs is 1. The lowest BCUT2D eigenvalue weighted by atomic mass is 9.73. The van der Waals surface area contributed by atoms with Gasteiger partial charge in [-0.2, -0.15) is 0 Å². The van der Waals surface area contributed by atoms with Crippen LogP contribution in [0.4, 0.5) is 0 Å². The molecule has 1 aliphatic carbocycles. The van der Waals surface area contributed by atoms with E-state index < -0.39 is 0 Å². The van der Waals surface area contributed by atoms with Crippen molar-refractivity contribution in [2.24, 2.45) is 11.3 Å². The Bertz CT molecular complexity index is 703. The third-order valence-electron chi connectivity index (χ3n) is 5.00. The number of rotatable bonds is 4. The van der Waals surface area contributed by atoms with E-state index in [-0.39, 0.29) is 5.56 Å². The fourth-order valence-corrected chi connectivity index (χ4v) is 3.43. The van der Waals surface area contributed by atoms with E-state index in [1.165, 1.54) is 25.7 Å². The fraction of sp³-hybridized carbons (Fsp3) is 0.706. The fourth-order valence-electron chi connectivity index (χ4n) is 3.43. The van der Waals surface area contributed by atoms with E-state index in [0.717, 1.165) is 25.2 Å². The van der Waals surface area contributed by atoms with Crippen molar-refractivity contribution in [3.05, 3.63) is 28.6 Å². The van der Waals surface area contributed by atoms with E-state index in [9.17, 15) is 4.79 Å². The third kappa shape index (κ3) is 2.94. The van der Waals surface area contributed by atoms with Crippen LogP contribution in [0.1, 0.15) is 58.7 Å². The van der Waals surface area contributed by atoms with Gasteiger partial charge in [-0.1, -0.05) is 20.8 Å². The first-order valence-electron chi connectivity index (χ1n) is 8.43. The van der Waals surface area contributed by atoms with Crippen molar-refractivity contribution in [2.75, 3.05) is 0 Å². The predicted molar refractivity (Wildman–Crippen MR) is 87.0 cm³/mol. The van der Waals surface area contributed by atoms with E-state index in [2.05, 4.69) is 31.0 Å². The lowest BCUT2D eigenvalue weighted by Crippen LogP contribution is -2.29. The molecule has 22 heavy (non-hydrogen) atoms. The van der Waals surface area contributed by atoms with E-state index >= 15 is 0 Å². The number of nitrogens with zero attached hydrogens (tertiary/aromatic N) is 4. The second-order valence-electron chi connectivity index (χ2n) is 7.42. The van der Waals surface area contributed by atoms with E-state index in [1.54, 1.807) is 0 Å². The van der Waals surface area contributed by atoms with Gasteiger partial charge in [0, 0.05) is 25.4 Å². The number of aryl methyl sites for hydroxylation is 1. The Morgan fingerprint density at radius 3 is 2.64 bits per heavy atom. The molecule has 5 nitrogen and oxygen atoms in total. The molecule has 0 bridgehead atoms. The standard InChI is InChI=1S/C17H26N4O/c1-4-5-14-18-19-15-16(22)20(10-11-21(14)15)12-13-6-8-17(2,3)9-7-13/h10-11,13H,4-9,12H2,1-3H3. The Balaban J connectivity index is 1.80. The Morgan fingerprint density at radius 1 is 1.23 bits per heavy atom. The van der Waals surface area contributed by atoms with Gasteiger partial charge in [0.05, 0.1) is 0 Å². The number of hydrogen-bond acceptors (Lipinski definition) is 3. The second kappa shape index (κ2) is 5.86. The third-order valence-corrected chi connectivity index (χ3v) is 5.00. The van der Waals surface area contributed by atoms with Gasteiger partial charge in [-0.25, -0.2) is 0 Å². The highest BCUT2D eigenvalue weighted by atomic mass is 16.1. The molecule has 1 saturated carbocycles. The van der Waals surface area contributed by atoms with Crippen LogP contribution in [0.5, 0.6) is 0 Å². The molecule has 2 aromatic heterocycles. The number of hydrogen-bond donors (Lipinski definition) is 0. The highest BCUT2D eigenvalue weighted by Crippen LogP contribution is 2.38. The highest BCUT2D eigenvalue weighted by Gasteiger charge is 2.27. The van der Waals surface area contributed by atoms with Crippen molar-refractivity contribution in [2.45, 2.75) is 65.8 Å². The minimum absolute atomic E-state index is 0.0119. The quantitative estimate of drug-likeness (QED) is 0.872. The zero-order valence-corrected chi connectivity index (χ0v) is 13.9. The molecule has 5 heteroatoms. The Labute approximate surface area is 131 Å². The van der Waals surface area contributed by atoms with Crippen molar-refractivity contribution >= 4 is 5.65 Å². The summed E-state index contributed by atoms with van der Waals surface area (Å²) < 4.78 is 3.66. The van der Waals surface area contributed by atoms with E-state index in [1.807, 2.05) is 21.4 Å². The first kappa shape index (κ1) is 15.3. The van der Waals surface area contributed by atoms with Crippen LogP contribution >= 0.6 is 0 Å². The normalized spacial score (nSPS) is 18.9. The van der Waals surface area contributed by atoms with Crippen LogP contribution in [-0.4, -0.2) is 19.2 Å². The van der Waals surface area contributed by atoms with Crippen LogP contribution < -0.4 is 5.56 Å². The lowest BCUT2D eigenvalue weighted by molar-refractivity contribution is 0.178. The van der Waals surface area contributed by atoms with Crippen LogP contribution in [0.25, 0.3) is 5.65 Å². The molecule has 3 rings (SSSR count). The Hall–Kier alpha value is -1.65. The van der Waals surface area contributed by atoms with Gasteiger partial charge in [0.25, 0.3) is 5.56 Å². The first-order chi connectivity index (χ1) is 10.5. The van der Waals surface area contributed by atoms with Crippen molar-refractivity contribution < 1.29 is 0 Å². The summed E-state index contributed by atoms with van der Waals surface area (Å²) in [6.07, 6.45) is 10.6. The van der Waals surface area contributed by atoms with Crippen molar-refractivity contribution in [1.29, 1.82) is 0 Å². The maximum Gasteiger partial charge on any atom is 0.296 e. The lowest BCUT2D eigenvalue weighted by Gasteiger charge is -2.34. The summed E-state index contributed by atoms with van der Waals surface area (Å²) in [5, 5.41) is 8.25. The average molecular weight is 302 g/mol. The molecule has 1 aliphatic rings. The van der Waals surface area contributed by atoms with E-state index in [0.29, 0.717) is 17.0 Å². The van der Waals surface area contributed by atoms with Gasteiger partial charge in [0.15, 0.2) is 0 Å². The molecule has 2 aromatic rings. The van der Waals surface area contributed by atoms with Crippen LogP contribution in [0.3, 0.4) is 0 Å². The highest BCUT2D eigenvalue weighted by molar-refractivity contribution is 5.34. The summed E-state index contributed by atoms with van der Waals surface area (Å²) in [6.45, 7) is 7.59. The first-order valence-corrected chi connectivity index (χ1v) is 8.43. The topological polar surface area (TPSA) is 52.2 Å². The van der Waals surface area contributed by atoms with Crippen molar-refractivity contribution in [3.8, 4) is 0 Å². The van der Waals surface area contributed by atoms with Crippen LogP contribution in [0, 0.1) is 11.3 Å². The summed E-state index contributed by atoms with van der Waals surface area (Å²) in [5.41, 5.74) is 0.914. The monoisotopic (exact) mass is 302 g/mol. The molecule has 0 N–H and O–H groups in total. The number of aromatic nitrogens is 4. The summed E-state index contributed by atoms with van der Waals surface area (Å²) in [5.74, 6) is 1.48. The maximum atomic E-state index is 12.6. The molecule has 0 atom stereocenters. The minimum atomic E-state index is -0.0119. The molecule has 0 unspecified atom stereocenters. The summed E-state index contributed by atoms with van der Waals surface area (Å²) >= 11 is 0. The molecular weight excluding hydrogens is 276 g/mol. The van der Waals surface area contributed by atoms with Crippen LogP contribution in [0.15, 0.2) is 17.2 Å². The largest absolute Gasteiger partial charge is 0.311 e. The zero-order valence-electron chi connectivity index (χ0n) is 13.9. The van der Waals surface area contributed by atoms with Crippen molar-refractivity contribution in [3.63, 3.8) is 0 Å². The van der Waals surface area contributed by atoms with Gasteiger partial charge >= 0.3 is 0 Å².